The van der Waals surface area contributed by atoms with E-state index in [4.69, 9.17) is 14.2 Å². The minimum atomic E-state index is -3.53. The quantitative estimate of drug-likeness (QED) is 0.695. The van der Waals surface area contributed by atoms with Crippen molar-refractivity contribution in [3.05, 3.63) is 30.1 Å². The molecule has 21 heavy (non-hydrogen) atoms. The number of aromatic nitrogens is 1. The van der Waals surface area contributed by atoms with Gasteiger partial charge in [0.2, 0.25) is 0 Å². The smallest absolute Gasteiger partial charge is 0.405 e. The van der Waals surface area contributed by atoms with Crippen LogP contribution in [0.3, 0.4) is 0 Å². The summed E-state index contributed by atoms with van der Waals surface area (Å²) in [6, 6.07) is 2.29. The number of hydrogen-bond donors (Lipinski definition) is 2. The second-order valence-corrected chi connectivity index (χ2v) is 6.43. The zero-order valence-corrected chi connectivity index (χ0v) is 12.6. The number of hydrogen-bond acceptors (Lipinski definition) is 6. The lowest BCUT2D eigenvalue weighted by molar-refractivity contribution is -0.118. The minimum Gasteiger partial charge on any atom is -0.465 e. The van der Waals surface area contributed by atoms with Crippen molar-refractivity contribution in [2.45, 2.75) is 12.5 Å². The first-order chi connectivity index (χ1) is 9.90. The topological polar surface area (TPSA) is 115 Å². The van der Waals surface area contributed by atoms with E-state index in [9.17, 15) is 14.2 Å². The highest BCUT2D eigenvalue weighted by Gasteiger charge is 2.31. The average Bonchev–Trinajstić information content (AvgIpc) is 2.47. The first kappa shape index (κ1) is 17.3. The molecule has 0 aliphatic rings. The summed E-state index contributed by atoms with van der Waals surface area (Å²) in [4.78, 5) is 26.8. The van der Waals surface area contributed by atoms with Gasteiger partial charge in [-0.2, -0.15) is 0 Å². The van der Waals surface area contributed by atoms with E-state index >= 15 is 0 Å². The number of rotatable bonds is 8. The van der Waals surface area contributed by atoms with Gasteiger partial charge in [0, 0.05) is 26.6 Å². The van der Waals surface area contributed by atoms with Crippen LogP contribution in [0.4, 0.5) is 4.79 Å². The SMILES string of the molecule is COP(=O)(CC(=O)[C@H](Cc1ccncc1)NC(=O)O)OC. The largest absolute Gasteiger partial charge is 0.465 e. The summed E-state index contributed by atoms with van der Waals surface area (Å²) in [5.74, 6) is -0.568. The molecule has 116 valence electrons. The number of pyridine rings is 1. The number of amides is 1. The van der Waals surface area contributed by atoms with Crippen molar-refractivity contribution in [3.8, 4) is 0 Å². The molecule has 0 radical (unpaired) electrons. The first-order valence-electron chi connectivity index (χ1n) is 6.02. The van der Waals surface area contributed by atoms with Crippen molar-refractivity contribution in [2.24, 2.45) is 0 Å². The summed E-state index contributed by atoms with van der Waals surface area (Å²) in [7, 11) is -1.20. The molecule has 1 amide bonds. The van der Waals surface area contributed by atoms with Gasteiger partial charge < -0.3 is 19.5 Å². The summed E-state index contributed by atoms with van der Waals surface area (Å²) in [5.41, 5.74) is 0.724. The van der Waals surface area contributed by atoms with Crippen molar-refractivity contribution >= 4 is 19.5 Å². The Labute approximate surface area is 122 Å². The van der Waals surface area contributed by atoms with Crippen LogP contribution in [-0.2, 0) is 24.8 Å². The van der Waals surface area contributed by atoms with Crippen LogP contribution in [0, 0.1) is 0 Å². The van der Waals surface area contributed by atoms with Crippen molar-refractivity contribution in [1.29, 1.82) is 0 Å². The van der Waals surface area contributed by atoms with Gasteiger partial charge in [-0.25, -0.2) is 4.79 Å². The van der Waals surface area contributed by atoms with Crippen molar-refractivity contribution in [1.82, 2.24) is 10.3 Å². The highest BCUT2D eigenvalue weighted by molar-refractivity contribution is 7.54. The lowest BCUT2D eigenvalue weighted by atomic mass is 10.0. The number of nitrogens with zero attached hydrogens (tertiary/aromatic N) is 1. The van der Waals surface area contributed by atoms with Crippen LogP contribution >= 0.6 is 7.60 Å². The molecule has 0 aliphatic heterocycles. The van der Waals surface area contributed by atoms with E-state index in [0.29, 0.717) is 0 Å². The fourth-order valence-corrected chi connectivity index (χ4v) is 2.66. The number of carbonyl (C=O) groups excluding carboxylic acids is 1. The number of carboxylic acid groups (broad SMARTS) is 1. The van der Waals surface area contributed by atoms with E-state index in [1.54, 1.807) is 12.1 Å². The normalized spacial score (nSPS) is 12.7. The van der Waals surface area contributed by atoms with Gasteiger partial charge in [-0.3, -0.25) is 14.3 Å². The third-order valence-corrected chi connectivity index (χ3v) is 4.59. The van der Waals surface area contributed by atoms with E-state index in [-0.39, 0.29) is 6.42 Å². The third-order valence-electron chi connectivity index (χ3n) is 2.78. The predicted octanol–water partition coefficient (Wildman–Crippen LogP) is 1.32. The molecule has 1 rings (SSSR count). The Morgan fingerprint density at radius 1 is 1.33 bits per heavy atom. The molecular formula is C12H17N2O6P. The Bertz CT molecular complexity index is 528. The molecule has 0 saturated heterocycles. The van der Waals surface area contributed by atoms with Crippen LogP contribution in [0.5, 0.6) is 0 Å². The summed E-state index contributed by atoms with van der Waals surface area (Å²) < 4.78 is 21.3. The van der Waals surface area contributed by atoms with E-state index in [1.807, 2.05) is 0 Å². The van der Waals surface area contributed by atoms with Gasteiger partial charge in [0.1, 0.15) is 6.16 Å². The standard InChI is InChI=1S/C12H17N2O6P/c1-19-21(18,20-2)8-11(15)10(14-12(16)17)7-9-3-5-13-6-4-9/h3-6,10,14H,7-8H2,1-2H3,(H,16,17)/t10-/m0/s1. The van der Waals surface area contributed by atoms with Crippen molar-refractivity contribution in [2.75, 3.05) is 20.4 Å². The van der Waals surface area contributed by atoms with Gasteiger partial charge in [0.05, 0.1) is 6.04 Å². The van der Waals surface area contributed by atoms with Crippen LogP contribution < -0.4 is 5.32 Å². The minimum absolute atomic E-state index is 0.126. The maximum absolute atomic E-state index is 12.1. The predicted molar refractivity (Wildman–Crippen MR) is 74.4 cm³/mol. The molecule has 0 aliphatic carbocycles. The molecule has 9 heteroatoms. The molecule has 2 N–H and O–H groups in total. The highest BCUT2D eigenvalue weighted by Crippen LogP contribution is 2.46. The molecule has 0 fully saturated rings. The Hall–Kier alpha value is -1.76. The zero-order chi connectivity index (χ0) is 15.9. The van der Waals surface area contributed by atoms with Crippen LogP contribution in [0.2, 0.25) is 0 Å². The van der Waals surface area contributed by atoms with Crippen LogP contribution in [-0.4, -0.2) is 48.4 Å². The van der Waals surface area contributed by atoms with E-state index in [2.05, 4.69) is 10.3 Å². The molecule has 0 bridgehead atoms. The van der Waals surface area contributed by atoms with Crippen molar-refractivity contribution < 1.29 is 28.3 Å². The maximum Gasteiger partial charge on any atom is 0.405 e. The van der Waals surface area contributed by atoms with E-state index < -0.39 is 31.7 Å². The van der Waals surface area contributed by atoms with Gasteiger partial charge in [0.15, 0.2) is 5.78 Å². The van der Waals surface area contributed by atoms with Gasteiger partial charge in [-0.05, 0) is 24.1 Å². The van der Waals surface area contributed by atoms with Gasteiger partial charge >= 0.3 is 13.7 Å². The van der Waals surface area contributed by atoms with Crippen LogP contribution in [0.1, 0.15) is 5.56 Å². The molecule has 1 atom stereocenters. The van der Waals surface area contributed by atoms with Gasteiger partial charge in [-0.1, -0.05) is 0 Å². The van der Waals surface area contributed by atoms with E-state index in [0.717, 1.165) is 5.56 Å². The second kappa shape index (κ2) is 7.87. The molecule has 0 saturated carbocycles. The number of ketones is 1. The summed E-state index contributed by atoms with van der Waals surface area (Å²) >= 11 is 0. The molecule has 1 aromatic heterocycles. The molecule has 0 spiro atoms. The Morgan fingerprint density at radius 3 is 2.38 bits per heavy atom. The first-order valence-corrected chi connectivity index (χ1v) is 7.74. The van der Waals surface area contributed by atoms with Gasteiger partial charge in [-0.15, -0.1) is 0 Å². The van der Waals surface area contributed by atoms with Crippen LogP contribution in [0.15, 0.2) is 24.5 Å². The Kier molecular flexibility index (Phi) is 6.48. The third kappa shape index (κ3) is 5.63. The molecular weight excluding hydrogens is 299 g/mol. The van der Waals surface area contributed by atoms with Crippen molar-refractivity contribution in [3.63, 3.8) is 0 Å². The zero-order valence-electron chi connectivity index (χ0n) is 11.7. The summed E-state index contributed by atoms with van der Waals surface area (Å²) in [6.07, 6.45) is 1.35. The molecule has 0 unspecified atom stereocenters. The van der Waals surface area contributed by atoms with E-state index in [1.165, 1.54) is 26.6 Å². The Balaban J connectivity index is 2.84. The molecule has 0 aromatic carbocycles. The fraction of sp³-hybridized carbons (Fsp3) is 0.417. The highest BCUT2D eigenvalue weighted by atomic mass is 31.2. The van der Waals surface area contributed by atoms with Crippen LogP contribution in [0.25, 0.3) is 0 Å². The number of nitrogens with one attached hydrogen (secondary N) is 1. The lowest BCUT2D eigenvalue weighted by Crippen LogP contribution is -2.43. The monoisotopic (exact) mass is 316 g/mol. The molecule has 8 nitrogen and oxygen atoms in total. The Morgan fingerprint density at radius 2 is 1.90 bits per heavy atom. The second-order valence-electron chi connectivity index (χ2n) is 4.16. The average molecular weight is 316 g/mol. The van der Waals surface area contributed by atoms with Gasteiger partial charge in [0.25, 0.3) is 0 Å². The molecule has 1 aromatic rings. The lowest BCUT2D eigenvalue weighted by Gasteiger charge is -2.18. The number of carbonyl (C=O) groups is 2. The maximum atomic E-state index is 12.1. The number of Topliss-reactive ketones (excluding diaryl/α,β-unsaturated/α-hetero) is 1. The molecule has 1 heterocycles. The summed E-state index contributed by atoms with van der Waals surface area (Å²) in [6.45, 7) is 0. The summed E-state index contributed by atoms with van der Waals surface area (Å²) in [5, 5.41) is 10.9. The fourth-order valence-electron chi connectivity index (χ4n) is 1.65.